The SMILES string of the molecule is CCOC(=O)Nc1cccc(OCCc2ccccc2)c1. The quantitative estimate of drug-likeness (QED) is 0.876. The van der Waals surface area contributed by atoms with Crippen LogP contribution in [0.25, 0.3) is 0 Å². The minimum Gasteiger partial charge on any atom is -0.493 e. The van der Waals surface area contributed by atoms with Crippen molar-refractivity contribution in [3.63, 3.8) is 0 Å². The van der Waals surface area contributed by atoms with Gasteiger partial charge in [0, 0.05) is 18.2 Å². The van der Waals surface area contributed by atoms with Gasteiger partial charge in [0.25, 0.3) is 0 Å². The van der Waals surface area contributed by atoms with Gasteiger partial charge >= 0.3 is 6.09 Å². The highest BCUT2D eigenvalue weighted by molar-refractivity contribution is 5.84. The number of carbonyl (C=O) groups excluding carboxylic acids is 1. The van der Waals surface area contributed by atoms with Crippen molar-refractivity contribution < 1.29 is 14.3 Å². The van der Waals surface area contributed by atoms with Crippen molar-refractivity contribution in [2.75, 3.05) is 18.5 Å². The van der Waals surface area contributed by atoms with Crippen LogP contribution < -0.4 is 10.1 Å². The fourth-order valence-corrected chi connectivity index (χ4v) is 1.88. The summed E-state index contributed by atoms with van der Waals surface area (Å²) < 4.78 is 10.5. The van der Waals surface area contributed by atoms with Crippen LogP contribution in [0.3, 0.4) is 0 Å². The lowest BCUT2D eigenvalue weighted by molar-refractivity contribution is 0.168. The van der Waals surface area contributed by atoms with Crippen LogP contribution in [0.2, 0.25) is 0 Å². The number of amides is 1. The van der Waals surface area contributed by atoms with Crippen molar-refractivity contribution in [3.8, 4) is 5.75 Å². The Balaban J connectivity index is 1.85. The zero-order valence-electron chi connectivity index (χ0n) is 12.0. The summed E-state index contributed by atoms with van der Waals surface area (Å²) in [5.41, 5.74) is 1.89. The molecule has 0 heterocycles. The van der Waals surface area contributed by atoms with Crippen LogP contribution in [-0.4, -0.2) is 19.3 Å². The Bertz CT molecular complexity index is 569. The average molecular weight is 285 g/mol. The van der Waals surface area contributed by atoms with Crippen LogP contribution >= 0.6 is 0 Å². The molecule has 0 bridgehead atoms. The summed E-state index contributed by atoms with van der Waals surface area (Å²) in [7, 11) is 0. The first-order chi connectivity index (χ1) is 10.3. The number of anilines is 1. The fourth-order valence-electron chi connectivity index (χ4n) is 1.88. The average Bonchev–Trinajstić information content (AvgIpc) is 2.49. The molecule has 0 aliphatic heterocycles. The Hall–Kier alpha value is -2.49. The van der Waals surface area contributed by atoms with Crippen LogP contribution in [0.5, 0.6) is 5.75 Å². The summed E-state index contributed by atoms with van der Waals surface area (Å²) >= 11 is 0. The summed E-state index contributed by atoms with van der Waals surface area (Å²) in [6.07, 6.45) is 0.384. The van der Waals surface area contributed by atoms with Gasteiger partial charge in [-0.05, 0) is 24.6 Å². The van der Waals surface area contributed by atoms with Crippen molar-refractivity contribution in [1.29, 1.82) is 0 Å². The van der Waals surface area contributed by atoms with E-state index >= 15 is 0 Å². The van der Waals surface area contributed by atoms with Gasteiger partial charge in [0.05, 0.1) is 13.2 Å². The number of ether oxygens (including phenoxy) is 2. The number of carbonyl (C=O) groups is 1. The summed E-state index contributed by atoms with van der Waals surface area (Å²) in [5.74, 6) is 0.722. The van der Waals surface area contributed by atoms with Crippen molar-refractivity contribution in [3.05, 3.63) is 60.2 Å². The lowest BCUT2D eigenvalue weighted by Gasteiger charge is -2.09. The van der Waals surface area contributed by atoms with E-state index in [1.54, 1.807) is 19.1 Å². The van der Waals surface area contributed by atoms with Crippen molar-refractivity contribution in [2.45, 2.75) is 13.3 Å². The van der Waals surface area contributed by atoms with E-state index in [2.05, 4.69) is 17.4 Å². The number of hydrogen-bond acceptors (Lipinski definition) is 3. The molecule has 0 saturated carbocycles. The number of hydrogen-bond donors (Lipinski definition) is 1. The molecule has 4 nitrogen and oxygen atoms in total. The molecule has 21 heavy (non-hydrogen) atoms. The van der Waals surface area contributed by atoms with Gasteiger partial charge in [-0.25, -0.2) is 4.79 Å². The summed E-state index contributed by atoms with van der Waals surface area (Å²) in [6.45, 7) is 2.70. The number of benzene rings is 2. The van der Waals surface area contributed by atoms with Gasteiger partial charge in [-0.2, -0.15) is 0 Å². The molecule has 4 heteroatoms. The van der Waals surface area contributed by atoms with E-state index < -0.39 is 6.09 Å². The first-order valence-corrected chi connectivity index (χ1v) is 6.98. The molecular formula is C17H19NO3. The predicted octanol–water partition coefficient (Wildman–Crippen LogP) is 3.88. The van der Waals surface area contributed by atoms with Gasteiger partial charge in [0.1, 0.15) is 5.75 Å². The molecule has 2 rings (SSSR count). The van der Waals surface area contributed by atoms with E-state index in [1.807, 2.05) is 30.3 Å². The second-order valence-corrected chi connectivity index (χ2v) is 4.46. The monoisotopic (exact) mass is 285 g/mol. The standard InChI is InChI=1S/C17H19NO3/c1-2-20-17(19)18-15-9-6-10-16(13-15)21-12-11-14-7-4-3-5-8-14/h3-10,13H,2,11-12H2,1H3,(H,18,19). The van der Waals surface area contributed by atoms with Crippen molar-refractivity contribution >= 4 is 11.8 Å². The molecule has 0 aromatic heterocycles. The van der Waals surface area contributed by atoms with Gasteiger partial charge < -0.3 is 9.47 Å². The lowest BCUT2D eigenvalue weighted by atomic mass is 10.2. The second kappa shape index (κ2) is 7.94. The van der Waals surface area contributed by atoms with Gasteiger partial charge in [0.2, 0.25) is 0 Å². The molecule has 0 aliphatic rings. The summed E-state index contributed by atoms with van der Waals surface area (Å²) in [6, 6.07) is 17.4. The van der Waals surface area contributed by atoms with E-state index in [-0.39, 0.29) is 0 Å². The molecule has 0 unspecified atom stereocenters. The van der Waals surface area contributed by atoms with Gasteiger partial charge in [-0.1, -0.05) is 36.4 Å². The third kappa shape index (κ3) is 5.18. The highest BCUT2D eigenvalue weighted by Gasteiger charge is 2.03. The second-order valence-electron chi connectivity index (χ2n) is 4.46. The molecule has 1 amide bonds. The predicted molar refractivity (Wildman–Crippen MR) is 82.7 cm³/mol. The van der Waals surface area contributed by atoms with Crippen molar-refractivity contribution in [1.82, 2.24) is 0 Å². The van der Waals surface area contributed by atoms with Crippen LogP contribution in [0.1, 0.15) is 12.5 Å². The fraction of sp³-hybridized carbons (Fsp3) is 0.235. The molecular weight excluding hydrogens is 266 g/mol. The Morgan fingerprint density at radius 1 is 1.10 bits per heavy atom. The molecule has 0 fully saturated rings. The minimum atomic E-state index is -0.459. The molecule has 2 aromatic rings. The van der Waals surface area contributed by atoms with Gasteiger partial charge in [-0.3, -0.25) is 5.32 Å². The maximum absolute atomic E-state index is 11.3. The third-order valence-electron chi connectivity index (χ3n) is 2.86. The minimum absolute atomic E-state index is 0.346. The molecule has 0 aliphatic carbocycles. The molecule has 0 spiro atoms. The van der Waals surface area contributed by atoms with Gasteiger partial charge in [-0.15, -0.1) is 0 Å². The Labute approximate surface area is 124 Å². The normalized spacial score (nSPS) is 9.95. The Morgan fingerprint density at radius 2 is 1.90 bits per heavy atom. The third-order valence-corrected chi connectivity index (χ3v) is 2.86. The molecule has 110 valence electrons. The topological polar surface area (TPSA) is 47.6 Å². The maximum atomic E-state index is 11.3. The van der Waals surface area contributed by atoms with E-state index in [4.69, 9.17) is 9.47 Å². The lowest BCUT2D eigenvalue weighted by Crippen LogP contribution is -2.13. The zero-order valence-corrected chi connectivity index (χ0v) is 12.0. The molecule has 2 aromatic carbocycles. The van der Waals surface area contributed by atoms with Crippen molar-refractivity contribution in [2.24, 2.45) is 0 Å². The summed E-state index contributed by atoms with van der Waals surface area (Å²) in [4.78, 5) is 11.3. The first kappa shape index (κ1) is 14.9. The maximum Gasteiger partial charge on any atom is 0.411 e. The molecule has 0 atom stereocenters. The van der Waals surface area contributed by atoms with E-state index in [0.717, 1.165) is 12.2 Å². The van der Waals surface area contributed by atoms with Crippen LogP contribution in [0, 0.1) is 0 Å². The van der Waals surface area contributed by atoms with Crippen LogP contribution in [-0.2, 0) is 11.2 Å². The summed E-state index contributed by atoms with van der Waals surface area (Å²) in [5, 5.41) is 2.65. The number of rotatable bonds is 6. The largest absolute Gasteiger partial charge is 0.493 e. The molecule has 0 saturated heterocycles. The Kier molecular flexibility index (Phi) is 5.64. The molecule has 0 radical (unpaired) electrons. The highest BCUT2D eigenvalue weighted by atomic mass is 16.5. The zero-order chi connectivity index (χ0) is 14.9. The first-order valence-electron chi connectivity index (χ1n) is 6.98. The van der Waals surface area contributed by atoms with E-state index in [1.165, 1.54) is 5.56 Å². The van der Waals surface area contributed by atoms with E-state index in [0.29, 0.717) is 18.9 Å². The number of nitrogens with one attached hydrogen (secondary N) is 1. The van der Waals surface area contributed by atoms with Crippen LogP contribution in [0.4, 0.5) is 10.5 Å². The Morgan fingerprint density at radius 3 is 2.67 bits per heavy atom. The molecule has 1 N–H and O–H groups in total. The highest BCUT2D eigenvalue weighted by Crippen LogP contribution is 2.17. The smallest absolute Gasteiger partial charge is 0.411 e. The van der Waals surface area contributed by atoms with Gasteiger partial charge in [0.15, 0.2) is 0 Å². The van der Waals surface area contributed by atoms with E-state index in [9.17, 15) is 4.79 Å². The van der Waals surface area contributed by atoms with Crippen LogP contribution in [0.15, 0.2) is 54.6 Å².